The third kappa shape index (κ3) is 13.9. The van der Waals surface area contributed by atoms with E-state index in [1.54, 1.807) is 0 Å². The number of unbranched alkanes of at least 4 members (excludes halogenated alkanes) is 1. The van der Waals surface area contributed by atoms with Crippen molar-refractivity contribution in [2.45, 2.75) is 53.4 Å². The van der Waals surface area contributed by atoms with Crippen LogP contribution in [0.1, 0.15) is 53.4 Å². The van der Waals surface area contributed by atoms with E-state index in [-0.39, 0.29) is 0 Å². The van der Waals surface area contributed by atoms with Gasteiger partial charge in [-0.25, -0.2) is 0 Å². The van der Waals surface area contributed by atoms with E-state index in [0.29, 0.717) is 0 Å². The predicted molar refractivity (Wildman–Crippen MR) is 80.7 cm³/mol. The van der Waals surface area contributed by atoms with Crippen molar-refractivity contribution in [1.82, 2.24) is 9.80 Å². The highest BCUT2D eigenvalue weighted by atomic mass is 15.1. The van der Waals surface area contributed by atoms with Crippen LogP contribution in [-0.2, 0) is 0 Å². The van der Waals surface area contributed by atoms with Crippen LogP contribution >= 0.6 is 0 Å². The smallest absolute Gasteiger partial charge is 0.000698 e. The zero-order valence-corrected chi connectivity index (χ0v) is 13.4. The van der Waals surface area contributed by atoms with Crippen LogP contribution in [0.3, 0.4) is 0 Å². The molecule has 0 aliphatic carbocycles. The summed E-state index contributed by atoms with van der Waals surface area (Å²) in [7, 11) is 6.58. The van der Waals surface area contributed by atoms with Crippen molar-refractivity contribution < 1.29 is 0 Å². The fourth-order valence-electron chi connectivity index (χ4n) is 1.83. The quantitative estimate of drug-likeness (QED) is 0.610. The highest BCUT2D eigenvalue weighted by Gasteiger charge is 2.09. The van der Waals surface area contributed by atoms with Gasteiger partial charge in [-0.15, -0.1) is 0 Å². The largest absolute Gasteiger partial charge is 0.309 e. The molecule has 0 heterocycles. The Bertz CT molecular complexity index is 135. The van der Waals surface area contributed by atoms with Gasteiger partial charge in [0.15, 0.2) is 0 Å². The molecule has 0 rings (SSSR count). The van der Waals surface area contributed by atoms with Crippen LogP contribution in [-0.4, -0.2) is 50.6 Å². The first-order valence-corrected chi connectivity index (χ1v) is 7.43. The molecule has 0 aromatic carbocycles. The Morgan fingerprint density at radius 2 is 1.53 bits per heavy atom. The number of hydrogen-bond donors (Lipinski definition) is 0. The third-order valence-corrected chi connectivity index (χ3v) is 3.03. The second kappa shape index (κ2) is 14.0. The van der Waals surface area contributed by atoms with E-state index in [1.165, 1.54) is 45.3 Å². The minimum atomic E-state index is 0.870. The molecule has 0 aromatic heterocycles. The van der Waals surface area contributed by atoms with Gasteiger partial charge >= 0.3 is 0 Å². The summed E-state index contributed by atoms with van der Waals surface area (Å²) in [4.78, 5) is 4.78. The molecular formula is C15H36N2. The van der Waals surface area contributed by atoms with Crippen LogP contribution in [0.15, 0.2) is 0 Å². The molecule has 0 fully saturated rings. The van der Waals surface area contributed by atoms with E-state index in [1.807, 2.05) is 13.8 Å². The van der Waals surface area contributed by atoms with Crippen molar-refractivity contribution in [1.29, 1.82) is 0 Å². The minimum Gasteiger partial charge on any atom is -0.309 e. The van der Waals surface area contributed by atoms with Gasteiger partial charge in [-0.1, -0.05) is 40.5 Å². The summed E-state index contributed by atoms with van der Waals surface area (Å²) < 4.78 is 0. The molecule has 0 aliphatic rings. The summed E-state index contributed by atoms with van der Waals surface area (Å²) >= 11 is 0. The van der Waals surface area contributed by atoms with Crippen LogP contribution < -0.4 is 0 Å². The fourth-order valence-corrected chi connectivity index (χ4v) is 1.83. The SMILES string of the molecule is CC.CCCCN(C)CC(CC)CCN(C)C. The third-order valence-electron chi connectivity index (χ3n) is 3.03. The maximum absolute atomic E-state index is 2.49. The van der Waals surface area contributed by atoms with Gasteiger partial charge in [0.25, 0.3) is 0 Å². The lowest BCUT2D eigenvalue weighted by molar-refractivity contribution is 0.243. The maximum Gasteiger partial charge on any atom is 0.000698 e. The van der Waals surface area contributed by atoms with Crippen molar-refractivity contribution in [3.05, 3.63) is 0 Å². The summed E-state index contributed by atoms with van der Waals surface area (Å²) in [6.07, 6.45) is 5.28. The molecule has 0 bridgehead atoms. The van der Waals surface area contributed by atoms with Crippen LogP contribution in [0.5, 0.6) is 0 Å². The lowest BCUT2D eigenvalue weighted by Crippen LogP contribution is -2.28. The van der Waals surface area contributed by atoms with Crippen molar-refractivity contribution >= 4 is 0 Å². The van der Waals surface area contributed by atoms with Gasteiger partial charge < -0.3 is 9.80 Å². The zero-order valence-electron chi connectivity index (χ0n) is 13.4. The van der Waals surface area contributed by atoms with Gasteiger partial charge in [-0.3, -0.25) is 0 Å². The van der Waals surface area contributed by atoms with Crippen LogP contribution in [0.25, 0.3) is 0 Å². The van der Waals surface area contributed by atoms with E-state index in [9.17, 15) is 0 Å². The Balaban J connectivity index is 0. The lowest BCUT2D eigenvalue weighted by Gasteiger charge is -2.24. The molecule has 1 atom stereocenters. The van der Waals surface area contributed by atoms with E-state index in [2.05, 4.69) is 44.8 Å². The van der Waals surface area contributed by atoms with Crippen LogP contribution in [0.4, 0.5) is 0 Å². The van der Waals surface area contributed by atoms with E-state index in [4.69, 9.17) is 0 Å². The van der Waals surface area contributed by atoms with Gasteiger partial charge in [-0.05, 0) is 53.0 Å². The molecule has 0 aromatic rings. The second-order valence-electron chi connectivity index (χ2n) is 4.98. The molecular weight excluding hydrogens is 208 g/mol. The van der Waals surface area contributed by atoms with E-state index < -0.39 is 0 Å². The van der Waals surface area contributed by atoms with Crippen molar-refractivity contribution in [2.24, 2.45) is 5.92 Å². The molecule has 0 amide bonds. The lowest BCUT2D eigenvalue weighted by atomic mass is 10.0. The molecule has 2 nitrogen and oxygen atoms in total. The molecule has 0 N–H and O–H groups in total. The van der Waals surface area contributed by atoms with E-state index >= 15 is 0 Å². The molecule has 0 saturated carbocycles. The van der Waals surface area contributed by atoms with Crippen LogP contribution in [0, 0.1) is 5.92 Å². The standard InChI is InChI=1S/C13H30N2.C2H6/c1-6-8-10-15(5)12-13(7-2)9-11-14(3)4;1-2/h13H,6-12H2,1-5H3;1-2H3. The Kier molecular flexibility index (Phi) is 15.8. The van der Waals surface area contributed by atoms with Crippen molar-refractivity contribution in [3.63, 3.8) is 0 Å². The van der Waals surface area contributed by atoms with Gasteiger partial charge in [0, 0.05) is 6.54 Å². The van der Waals surface area contributed by atoms with Gasteiger partial charge in [0.05, 0.1) is 0 Å². The maximum atomic E-state index is 2.49. The average molecular weight is 244 g/mol. The topological polar surface area (TPSA) is 6.48 Å². The Labute approximate surface area is 110 Å². The molecule has 17 heavy (non-hydrogen) atoms. The van der Waals surface area contributed by atoms with Crippen molar-refractivity contribution in [3.8, 4) is 0 Å². The van der Waals surface area contributed by atoms with E-state index in [0.717, 1.165) is 5.92 Å². The summed E-state index contributed by atoms with van der Waals surface area (Å²) in [5.41, 5.74) is 0. The zero-order chi connectivity index (χ0) is 13.7. The second-order valence-corrected chi connectivity index (χ2v) is 4.98. The van der Waals surface area contributed by atoms with Gasteiger partial charge in [-0.2, -0.15) is 0 Å². The average Bonchev–Trinajstić information content (AvgIpc) is 2.34. The summed E-state index contributed by atoms with van der Waals surface area (Å²) in [5, 5.41) is 0. The van der Waals surface area contributed by atoms with Gasteiger partial charge in [0.1, 0.15) is 0 Å². The fraction of sp³-hybridized carbons (Fsp3) is 1.00. The summed E-state index contributed by atoms with van der Waals surface area (Å²) in [6.45, 7) is 12.3. The Morgan fingerprint density at radius 3 is 1.94 bits per heavy atom. The predicted octanol–water partition coefficient (Wildman–Crippen LogP) is 3.72. The summed E-state index contributed by atoms with van der Waals surface area (Å²) in [6, 6.07) is 0. The number of hydrogen-bond acceptors (Lipinski definition) is 2. The molecule has 0 aliphatic heterocycles. The van der Waals surface area contributed by atoms with Crippen LogP contribution in [0.2, 0.25) is 0 Å². The monoisotopic (exact) mass is 244 g/mol. The first kappa shape index (κ1) is 19.3. The first-order valence-electron chi connectivity index (χ1n) is 7.43. The van der Waals surface area contributed by atoms with Gasteiger partial charge in [0.2, 0.25) is 0 Å². The normalized spacial score (nSPS) is 12.5. The van der Waals surface area contributed by atoms with Crippen molar-refractivity contribution in [2.75, 3.05) is 40.8 Å². The number of nitrogens with zero attached hydrogens (tertiary/aromatic N) is 2. The molecule has 1 unspecified atom stereocenters. The molecule has 0 saturated heterocycles. The molecule has 0 radical (unpaired) electrons. The minimum absolute atomic E-state index is 0.870. The highest BCUT2D eigenvalue weighted by molar-refractivity contribution is 4.64. The Hall–Kier alpha value is -0.0800. The number of rotatable bonds is 9. The molecule has 106 valence electrons. The summed E-state index contributed by atoms with van der Waals surface area (Å²) in [5.74, 6) is 0.870. The highest BCUT2D eigenvalue weighted by Crippen LogP contribution is 2.10. The Morgan fingerprint density at radius 1 is 0.941 bits per heavy atom. The molecule has 2 heteroatoms. The molecule has 0 spiro atoms. The first-order chi connectivity index (χ1) is 8.10.